The fraction of sp³-hybridized carbons (Fsp3) is 0.333. The van der Waals surface area contributed by atoms with Crippen molar-refractivity contribution in [2.45, 2.75) is 37.8 Å². The van der Waals surface area contributed by atoms with Crippen LogP contribution in [0.25, 0.3) is 5.76 Å². The summed E-state index contributed by atoms with van der Waals surface area (Å²) in [5, 5.41) is 11.8. The van der Waals surface area contributed by atoms with Gasteiger partial charge in [-0.15, -0.1) is 0 Å². The highest BCUT2D eigenvalue weighted by molar-refractivity contribution is 6.47. The monoisotopic (exact) mass is 475 g/mol. The molecule has 1 aliphatic heterocycles. The van der Waals surface area contributed by atoms with E-state index in [-0.39, 0.29) is 22.4 Å². The second-order valence-electron chi connectivity index (χ2n) is 7.86. The van der Waals surface area contributed by atoms with Crippen molar-refractivity contribution in [2.24, 2.45) is 0 Å². The lowest BCUT2D eigenvalue weighted by Crippen LogP contribution is -2.37. The van der Waals surface area contributed by atoms with Crippen LogP contribution in [0.15, 0.2) is 42.0 Å². The van der Waals surface area contributed by atoms with E-state index < -0.39 is 17.7 Å². The molecule has 1 atom stereocenters. The molecule has 1 aliphatic carbocycles. The number of carbonyl (C=O) groups is 2. The first-order valence-electron chi connectivity index (χ1n) is 10.4. The van der Waals surface area contributed by atoms with Crippen LogP contribution in [-0.4, -0.2) is 42.0 Å². The zero-order valence-corrected chi connectivity index (χ0v) is 19.2. The predicted molar refractivity (Wildman–Crippen MR) is 122 cm³/mol. The first-order valence-corrected chi connectivity index (χ1v) is 11.1. The molecule has 168 valence electrons. The first kappa shape index (κ1) is 22.5. The summed E-state index contributed by atoms with van der Waals surface area (Å²) in [5.74, 6) is -0.803. The number of hydrogen-bond donors (Lipinski definition) is 1. The van der Waals surface area contributed by atoms with Crippen molar-refractivity contribution < 1.29 is 24.2 Å². The van der Waals surface area contributed by atoms with Crippen LogP contribution in [0.2, 0.25) is 10.0 Å². The first-order chi connectivity index (χ1) is 15.4. The number of halogens is 2. The van der Waals surface area contributed by atoms with Gasteiger partial charge in [0.2, 0.25) is 0 Å². The van der Waals surface area contributed by atoms with E-state index in [2.05, 4.69) is 0 Å². The van der Waals surface area contributed by atoms with Crippen molar-refractivity contribution in [3.8, 4) is 11.5 Å². The van der Waals surface area contributed by atoms with Crippen LogP contribution in [0.3, 0.4) is 0 Å². The summed E-state index contributed by atoms with van der Waals surface area (Å²) in [6.45, 7) is 0. The maximum atomic E-state index is 13.2. The van der Waals surface area contributed by atoms with Crippen molar-refractivity contribution in [1.82, 2.24) is 4.90 Å². The molecule has 1 amide bonds. The summed E-state index contributed by atoms with van der Waals surface area (Å²) < 4.78 is 11.0. The summed E-state index contributed by atoms with van der Waals surface area (Å²) in [5.41, 5.74) is 0.863. The van der Waals surface area contributed by atoms with Gasteiger partial charge >= 0.3 is 0 Å². The van der Waals surface area contributed by atoms with Crippen molar-refractivity contribution in [3.63, 3.8) is 0 Å². The number of hydrogen-bond acceptors (Lipinski definition) is 5. The standard InChI is InChI=1S/C24H23Cl2NO5/c1-31-18-9-5-8-15(23(18)32-2)20-19(21(28)13-10-11-16(25)17(26)12-13)22(29)24(30)27(20)14-6-3-4-7-14/h5,8-12,14,20,28H,3-4,6-7H2,1-2H3/b21-19-. The third kappa shape index (κ3) is 3.71. The number of carbonyl (C=O) groups excluding carboxylic acids is 2. The van der Waals surface area contributed by atoms with E-state index in [1.54, 1.807) is 29.2 Å². The van der Waals surface area contributed by atoms with E-state index in [4.69, 9.17) is 32.7 Å². The normalized spacial score (nSPS) is 20.8. The zero-order valence-electron chi connectivity index (χ0n) is 17.7. The minimum atomic E-state index is -0.822. The number of benzene rings is 2. The van der Waals surface area contributed by atoms with E-state index in [9.17, 15) is 14.7 Å². The molecular formula is C24H23Cl2NO5. The summed E-state index contributed by atoms with van der Waals surface area (Å²) in [6, 6.07) is 8.93. The van der Waals surface area contributed by atoms with E-state index in [1.165, 1.54) is 26.4 Å². The molecule has 4 rings (SSSR count). The lowest BCUT2D eigenvalue weighted by Gasteiger charge is -2.31. The van der Waals surface area contributed by atoms with Crippen molar-refractivity contribution >= 4 is 40.7 Å². The molecular weight excluding hydrogens is 453 g/mol. The molecule has 6 nitrogen and oxygen atoms in total. The van der Waals surface area contributed by atoms with Crippen molar-refractivity contribution in [1.29, 1.82) is 0 Å². The summed E-state index contributed by atoms with van der Waals surface area (Å²) in [6.07, 6.45) is 3.54. The van der Waals surface area contributed by atoms with Gasteiger partial charge in [-0.05, 0) is 37.1 Å². The minimum absolute atomic E-state index is 0.00755. The number of Topliss-reactive ketones (excluding diaryl/α,β-unsaturated/α-hetero) is 1. The van der Waals surface area contributed by atoms with Gasteiger partial charge < -0.3 is 19.5 Å². The fourth-order valence-corrected chi connectivity index (χ4v) is 4.94. The van der Waals surface area contributed by atoms with Gasteiger partial charge in [-0.2, -0.15) is 0 Å². The molecule has 2 aliphatic rings. The number of nitrogens with zero attached hydrogens (tertiary/aromatic N) is 1. The molecule has 0 aromatic heterocycles. The highest BCUT2D eigenvalue weighted by Crippen LogP contribution is 2.48. The Morgan fingerprint density at radius 2 is 1.75 bits per heavy atom. The summed E-state index contributed by atoms with van der Waals surface area (Å²) >= 11 is 12.2. The number of aliphatic hydroxyl groups is 1. The van der Waals surface area contributed by atoms with Gasteiger partial charge in [0.25, 0.3) is 11.7 Å². The number of aliphatic hydroxyl groups excluding tert-OH is 1. The van der Waals surface area contributed by atoms with Crippen LogP contribution >= 0.6 is 23.2 Å². The summed E-state index contributed by atoms with van der Waals surface area (Å²) in [4.78, 5) is 28.0. The molecule has 1 unspecified atom stereocenters. The molecule has 0 bridgehead atoms. The van der Waals surface area contributed by atoms with Gasteiger partial charge in [-0.3, -0.25) is 9.59 Å². The number of ether oxygens (including phenoxy) is 2. The van der Waals surface area contributed by atoms with E-state index >= 15 is 0 Å². The van der Waals surface area contributed by atoms with Gasteiger partial charge in [0.05, 0.1) is 35.9 Å². The van der Waals surface area contributed by atoms with Gasteiger partial charge in [-0.1, -0.05) is 48.2 Å². The predicted octanol–water partition coefficient (Wildman–Crippen LogP) is 5.37. The van der Waals surface area contributed by atoms with Crippen LogP contribution in [-0.2, 0) is 9.59 Å². The second kappa shape index (κ2) is 9.04. The van der Waals surface area contributed by atoms with Crippen LogP contribution in [0, 0.1) is 0 Å². The maximum Gasteiger partial charge on any atom is 0.295 e. The lowest BCUT2D eigenvalue weighted by atomic mass is 9.93. The number of methoxy groups -OCH3 is 2. The Bertz CT molecular complexity index is 1110. The molecule has 2 aromatic carbocycles. The highest BCUT2D eigenvalue weighted by Gasteiger charge is 2.50. The Labute approximate surface area is 196 Å². The average Bonchev–Trinajstić information content (AvgIpc) is 3.41. The quantitative estimate of drug-likeness (QED) is 0.357. The number of likely N-dealkylation sites (tertiary alicyclic amines) is 1. The third-order valence-corrected chi connectivity index (χ3v) is 6.86. The topological polar surface area (TPSA) is 76.1 Å². The molecule has 2 aromatic rings. The Hall–Kier alpha value is -2.70. The van der Waals surface area contributed by atoms with Gasteiger partial charge in [0, 0.05) is 17.2 Å². The zero-order chi connectivity index (χ0) is 23.0. The third-order valence-electron chi connectivity index (χ3n) is 6.12. The maximum absolute atomic E-state index is 13.2. The molecule has 1 heterocycles. The Morgan fingerprint density at radius 1 is 1.03 bits per heavy atom. The average molecular weight is 476 g/mol. The van der Waals surface area contributed by atoms with Gasteiger partial charge in [0.1, 0.15) is 5.76 Å². The molecule has 2 fully saturated rings. The molecule has 1 saturated heterocycles. The highest BCUT2D eigenvalue weighted by atomic mass is 35.5. The van der Waals surface area contributed by atoms with Crippen molar-refractivity contribution in [3.05, 3.63) is 63.1 Å². The van der Waals surface area contributed by atoms with E-state index in [1.807, 2.05) is 0 Å². The van der Waals surface area contributed by atoms with Gasteiger partial charge in [0.15, 0.2) is 11.5 Å². The van der Waals surface area contributed by atoms with E-state index in [0.717, 1.165) is 25.7 Å². The van der Waals surface area contributed by atoms with Gasteiger partial charge in [-0.25, -0.2) is 0 Å². The van der Waals surface area contributed by atoms with Crippen LogP contribution in [0.4, 0.5) is 0 Å². The van der Waals surface area contributed by atoms with E-state index in [0.29, 0.717) is 27.6 Å². The number of para-hydroxylation sites is 1. The molecule has 0 radical (unpaired) electrons. The largest absolute Gasteiger partial charge is 0.507 e. The molecule has 8 heteroatoms. The SMILES string of the molecule is COc1cccc(C2/C(=C(/O)c3ccc(Cl)c(Cl)c3)C(=O)C(=O)N2C2CCCC2)c1OC. The second-order valence-corrected chi connectivity index (χ2v) is 8.67. The van der Waals surface area contributed by atoms with Crippen molar-refractivity contribution in [2.75, 3.05) is 14.2 Å². The number of ketones is 1. The van der Waals surface area contributed by atoms with Crippen LogP contribution < -0.4 is 9.47 Å². The fourth-order valence-electron chi connectivity index (χ4n) is 4.64. The Morgan fingerprint density at radius 3 is 2.38 bits per heavy atom. The molecule has 1 N–H and O–H groups in total. The molecule has 1 saturated carbocycles. The molecule has 0 spiro atoms. The lowest BCUT2D eigenvalue weighted by molar-refractivity contribution is -0.141. The Balaban J connectivity index is 1.96. The smallest absolute Gasteiger partial charge is 0.295 e. The number of rotatable bonds is 5. The van der Waals surface area contributed by atoms with Crippen LogP contribution in [0.1, 0.15) is 42.9 Å². The molecule has 32 heavy (non-hydrogen) atoms. The van der Waals surface area contributed by atoms with Crippen LogP contribution in [0.5, 0.6) is 11.5 Å². The summed E-state index contributed by atoms with van der Waals surface area (Å²) in [7, 11) is 3.02. The minimum Gasteiger partial charge on any atom is -0.507 e. The Kier molecular flexibility index (Phi) is 6.35. The number of amides is 1.